The topological polar surface area (TPSA) is 221 Å². The van der Waals surface area contributed by atoms with Crippen molar-refractivity contribution in [1.82, 2.24) is 49.5 Å². The first-order valence-electron chi connectivity index (χ1n) is 12.7. The van der Waals surface area contributed by atoms with Crippen LogP contribution in [-0.2, 0) is 118 Å². The number of hydrogen-bond donors (Lipinski definition) is 2. The average molecular weight is 817 g/mol. The van der Waals surface area contributed by atoms with Gasteiger partial charge in [0.15, 0.2) is 5.52 Å². The van der Waals surface area contributed by atoms with Crippen molar-refractivity contribution < 1.29 is 82.3 Å². The smallest absolute Gasteiger partial charge is 0.277 e. The minimum absolute atomic E-state index is 0. The van der Waals surface area contributed by atoms with Crippen LogP contribution in [-0.4, -0.2) is 49.5 Å². The molecule has 5 heterocycles. The Bertz CT molecular complexity index is 2170. The van der Waals surface area contributed by atoms with Crippen molar-refractivity contribution in [3.05, 3.63) is 80.4 Å². The van der Waals surface area contributed by atoms with Crippen molar-refractivity contribution in [2.24, 2.45) is 14.1 Å². The molecule has 0 fully saturated rings. The molecule has 0 aliphatic heterocycles. The Morgan fingerprint density at radius 2 is 1.22 bits per heavy atom. The fourth-order valence-corrected chi connectivity index (χ4v) is 4.65. The van der Waals surface area contributed by atoms with Gasteiger partial charge in [-0.25, -0.2) is 9.97 Å². The molecule has 5 aromatic rings. The molecule has 5 rings (SSSR count). The maximum atomic E-state index is 12.2. The minimum atomic E-state index is -2.41. The minimum Gasteiger partial charge on any atom is -0.420 e. The van der Waals surface area contributed by atoms with Crippen LogP contribution in [0.15, 0.2) is 56.3 Å². The zero-order valence-corrected chi connectivity index (χ0v) is 32.8. The molecule has 0 amide bonds. The summed E-state index contributed by atoms with van der Waals surface area (Å²) in [6.07, 6.45) is 5.15. The normalized spacial score (nSPS) is 10.5. The van der Waals surface area contributed by atoms with Crippen molar-refractivity contribution in [1.29, 1.82) is 0 Å². The van der Waals surface area contributed by atoms with E-state index in [1.807, 2.05) is 0 Å². The van der Waals surface area contributed by atoms with Gasteiger partial charge in [-0.2, -0.15) is 10.2 Å². The molecule has 2 radical (unpaired) electrons. The molecule has 0 spiro atoms. The van der Waals surface area contributed by atoms with E-state index in [1.54, 1.807) is 41.8 Å². The van der Waals surface area contributed by atoms with E-state index >= 15 is 0 Å². The number of nitrogens with zero attached hydrogens (tertiary/aromatic N) is 8. The van der Waals surface area contributed by atoms with Crippen LogP contribution in [0.3, 0.4) is 0 Å². The van der Waals surface area contributed by atoms with Crippen LogP contribution in [0.25, 0.3) is 33.8 Å². The predicted molar refractivity (Wildman–Crippen MR) is 158 cm³/mol. The predicted octanol–water partition coefficient (Wildman–Crippen LogP) is 1.97. The maximum absolute atomic E-state index is 12.2. The van der Waals surface area contributed by atoms with Gasteiger partial charge in [0.25, 0.3) is 11.1 Å². The van der Waals surface area contributed by atoms with E-state index in [0.29, 0.717) is 44.9 Å². The number of hydrogen-bond acceptors (Lipinski definition) is 14. The summed E-state index contributed by atoms with van der Waals surface area (Å²) in [5, 5.41) is 8.12. The third-order valence-electron chi connectivity index (χ3n) is 6.36. The number of aromatic nitrogens is 10. The summed E-state index contributed by atoms with van der Waals surface area (Å²) in [5.41, 5.74) is 3.38. The summed E-state index contributed by atoms with van der Waals surface area (Å²) in [4.78, 5) is 46.0. The molecule has 5 aromatic heterocycles. The van der Waals surface area contributed by atoms with Gasteiger partial charge in [-0.3, -0.25) is 28.9 Å². The molecule has 0 unspecified atom stereocenters. The molecule has 2 N–H and O–H groups in total. The van der Waals surface area contributed by atoms with Gasteiger partial charge in [-0.1, -0.05) is 21.9 Å². The van der Waals surface area contributed by atoms with Crippen LogP contribution in [0, 0.1) is 27.7 Å². The van der Waals surface area contributed by atoms with Crippen LogP contribution in [0.4, 0.5) is 0 Å². The first-order valence-corrected chi connectivity index (χ1v) is 14.8. The third kappa shape index (κ3) is 9.13. The fraction of sp³-hybridized carbons (Fsp3) is 0.231. The van der Waals surface area contributed by atoms with Crippen LogP contribution in [0.1, 0.15) is 22.8 Å². The van der Waals surface area contributed by atoms with Gasteiger partial charge in [0.1, 0.15) is 23.4 Å². The van der Waals surface area contributed by atoms with Crippen molar-refractivity contribution in [2.75, 3.05) is 0 Å². The van der Waals surface area contributed by atoms with Gasteiger partial charge in [0, 0.05) is 114 Å². The number of fused-ring (bicyclic) bond motifs is 1. The van der Waals surface area contributed by atoms with Gasteiger partial charge in [-0.05, 0) is 49.1 Å². The van der Waals surface area contributed by atoms with E-state index in [-0.39, 0.29) is 92.4 Å². The summed E-state index contributed by atoms with van der Waals surface area (Å²) in [6, 6.07) is 2.84. The number of H-pyrrole nitrogens is 2. The van der Waals surface area contributed by atoms with E-state index in [9.17, 15) is 26.4 Å². The number of pyridine rings is 2. The Balaban J connectivity index is 0.000000307. The van der Waals surface area contributed by atoms with Gasteiger partial charge < -0.3 is 26.8 Å². The first kappa shape index (κ1) is 39.3. The molecular formula is C26H26N10O6S2Y2-2. The largest absolute Gasteiger partial charge is 0.420 e. The molecule has 0 saturated carbocycles. The summed E-state index contributed by atoms with van der Waals surface area (Å²) in [5.74, 6) is 0.481. The summed E-state index contributed by atoms with van der Waals surface area (Å²) < 4.78 is 47.3. The quantitative estimate of drug-likeness (QED) is 0.249. The molecule has 0 aliphatic carbocycles. The van der Waals surface area contributed by atoms with Crippen molar-refractivity contribution in [3.8, 4) is 22.8 Å². The molecule has 0 saturated heterocycles. The second-order valence-corrected chi connectivity index (χ2v) is 11.3. The van der Waals surface area contributed by atoms with E-state index < -0.39 is 27.0 Å². The molecule has 16 nitrogen and oxygen atoms in total. The molecule has 20 heteroatoms. The van der Waals surface area contributed by atoms with Crippen molar-refractivity contribution >= 4 is 32.4 Å². The van der Waals surface area contributed by atoms with E-state index in [2.05, 4.69) is 40.1 Å². The number of rotatable bonds is 4. The number of aryl methyl sites for hydroxylation is 6. The van der Waals surface area contributed by atoms with Crippen LogP contribution in [0.2, 0.25) is 0 Å². The molecule has 0 aromatic carbocycles. The zero-order valence-electron chi connectivity index (χ0n) is 25.5. The molecular weight excluding hydrogens is 790 g/mol. The van der Waals surface area contributed by atoms with Gasteiger partial charge in [0.05, 0.1) is 17.6 Å². The van der Waals surface area contributed by atoms with Gasteiger partial charge >= 0.3 is 0 Å². The zero-order chi connectivity index (χ0) is 32.3. The fourth-order valence-electron chi connectivity index (χ4n) is 3.95. The summed E-state index contributed by atoms with van der Waals surface area (Å²) >= 11 is 0. The monoisotopic (exact) mass is 816 g/mol. The number of nitrogens with one attached hydrogen (secondary N) is 2. The first-order chi connectivity index (χ1) is 20.8. The standard InChI is InChI=1S/C13H12N5O3S.C13H14N5O3S.2Y/c1-6-9(4-8(5-14-6)22(20)21)12-15-10-7(2)17-18(3)11(10)13(19)16-12;1-8-5-15-13(17-12(19)7-16-18(8)3)11-4-10(22(20)21)6-14-9(11)2;;/h4-5H,1-3H3,(H,15,16,19);4-7H,1-3H3,(H,15,17,19);;/q2*-1;;. The third-order valence-corrected chi connectivity index (χ3v) is 7.58. The molecule has 236 valence electrons. The van der Waals surface area contributed by atoms with Crippen LogP contribution in [0.5, 0.6) is 0 Å². The number of aromatic amines is 2. The Morgan fingerprint density at radius 1 is 0.674 bits per heavy atom. The Labute approximate surface area is 315 Å². The molecule has 0 aliphatic rings. The molecule has 0 atom stereocenters. The van der Waals surface area contributed by atoms with Crippen LogP contribution >= 0.6 is 0 Å². The Kier molecular flexibility index (Phi) is 14.3. The summed E-state index contributed by atoms with van der Waals surface area (Å²) in [6.45, 7) is 6.95. The second kappa shape index (κ2) is 16.8. The van der Waals surface area contributed by atoms with E-state index in [0.717, 1.165) is 6.20 Å². The Hall–Kier alpha value is -2.89. The summed E-state index contributed by atoms with van der Waals surface area (Å²) in [7, 11) is -1.47. The van der Waals surface area contributed by atoms with Crippen LogP contribution < -0.4 is 11.1 Å². The maximum Gasteiger partial charge on any atom is 0.277 e. The average Bonchev–Trinajstić information content (AvgIpc) is 3.29. The van der Waals surface area contributed by atoms with Crippen molar-refractivity contribution in [2.45, 2.75) is 37.5 Å². The Morgan fingerprint density at radius 3 is 1.76 bits per heavy atom. The van der Waals surface area contributed by atoms with Crippen molar-refractivity contribution in [3.63, 3.8) is 0 Å². The van der Waals surface area contributed by atoms with E-state index in [1.165, 1.54) is 40.1 Å². The molecule has 0 bridgehead atoms. The van der Waals surface area contributed by atoms with Gasteiger partial charge in [0.2, 0.25) is 0 Å². The molecule has 46 heavy (non-hydrogen) atoms. The SMILES string of the molecule is Cc1ncc([S-](=O)=O)cc1-c1nc2c(C)nn(C)c2c(=O)[nH]1.Cc1ncc([S-](=O)=O)cc1-c1ncc(C)n(C)ncc(=O)[nH]1.[Y].[Y]. The van der Waals surface area contributed by atoms with E-state index in [4.69, 9.17) is 0 Å². The van der Waals surface area contributed by atoms with Gasteiger partial charge in [-0.15, -0.1) is 0 Å². The second-order valence-electron chi connectivity index (χ2n) is 9.40.